The first-order valence-corrected chi connectivity index (χ1v) is 7.75. The molecule has 0 fully saturated rings. The van der Waals surface area contributed by atoms with Gasteiger partial charge in [0.05, 0.1) is 5.69 Å². The largest absolute Gasteiger partial charge is 0.507 e. The van der Waals surface area contributed by atoms with Crippen LogP contribution in [0.15, 0.2) is 71.9 Å². The molecule has 122 valence electrons. The predicted octanol–water partition coefficient (Wildman–Crippen LogP) is 5.56. The Kier molecular flexibility index (Phi) is 3.56. The Bertz CT molecular complexity index is 1120. The fourth-order valence-corrected chi connectivity index (χ4v) is 3.29. The fourth-order valence-electron chi connectivity index (χ4n) is 3.29. The van der Waals surface area contributed by atoms with E-state index in [1.807, 2.05) is 47.9 Å². The molecule has 0 bridgehead atoms. The maximum atomic E-state index is 11.3. The summed E-state index contributed by atoms with van der Waals surface area (Å²) < 4.78 is 0. The lowest BCUT2D eigenvalue weighted by atomic mass is 9.92. The van der Waals surface area contributed by atoms with Crippen LogP contribution in [0.3, 0.4) is 0 Å². The van der Waals surface area contributed by atoms with E-state index in [-0.39, 0.29) is 17.1 Å². The third-order valence-electron chi connectivity index (χ3n) is 4.40. The van der Waals surface area contributed by atoms with Gasteiger partial charge >= 0.3 is 0 Å². The summed E-state index contributed by atoms with van der Waals surface area (Å²) in [5, 5.41) is 26.3. The number of anilines is 1. The molecule has 0 saturated heterocycles. The van der Waals surface area contributed by atoms with Crippen LogP contribution in [-0.4, -0.2) is 10.3 Å². The number of nitrogens with one attached hydrogen (secondary N) is 1. The van der Waals surface area contributed by atoms with Crippen LogP contribution < -0.4 is 5.48 Å². The summed E-state index contributed by atoms with van der Waals surface area (Å²) in [4.78, 5) is 11.3. The molecule has 0 aliphatic heterocycles. The summed E-state index contributed by atoms with van der Waals surface area (Å²) >= 11 is 0. The molecule has 4 rings (SSSR count). The molecular weight excluding hydrogens is 316 g/mol. The van der Waals surface area contributed by atoms with Crippen LogP contribution in [-0.2, 0) is 0 Å². The van der Waals surface area contributed by atoms with Gasteiger partial charge in [-0.3, -0.25) is 10.7 Å². The summed E-state index contributed by atoms with van der Waals surface area (Å²) in [6.07, 6.45) is 0. The number of rotatable bonds is 3. The molecule has 3 N–H and O–H groups in total. The normalized spacial score (nSPS) is 10.9. The van der Waals surface area contributed by atoms with E-state index in [1.165, 1.54) is 0 Å². The number of phenolic OH excluding ortho intramolecular Hbond substituents is 1. The molecule has 0 aliphatic rings. The van der Waals surface area contributed by atoms with Gasteiger partial charge in [-0.05, 0) is 39.0 Å². The second kappa shape index (κ2) is 5.89. The highest BCUT2D eigenvalue weighted by atomic mass is 16.5. The Labute approximate surface area is 143 Å². The van der Waals surface area contributed by atoms with Gasteiger partial charge in [0, 0.05) is 10.9 Å². The minimum Gasteiger partial charge on any atom is -0.507 e. The van der Waals surface area contributed by atoms with Gasteiger partial charge in [-0.1, -0.05) is 54.6 Å². The van der Waals surface area contributed by atoms with Crippen molar-refractivity contribution in [3.8, 4) is 16.9 Å². The van der Waals surface area contributed by atoms with Crippen molar-refractivity contribution in [1.82, 2.24) is 0 Å². The minimum absolute atomic E-state index is 0.125. The van der Waals surface area contributed by atoms with E-state index in [1.54, 1.807) is 24.3 Å². The quantitative estimate of drug-likeness (QED) is 0.339. The number of nitroso groups, excluding NO2 is 1. The standard InChI is InChI=1S/C20H14N2O3/c23-18-10-9-12-5-1-2-6-13(12)19(18)16-11-17(21-24)20(22-25)15-8-4-3-7-14(15)16/h1-11,21,23-24H. The first-order valence-electron chi connectivity index (χ1n) is 7.75. The number of benzene rings is 4. The average molecular weight is 330 g/mol. The van der Waals surface area contributed by atoms with E-state index in [0.29, 0.717) is 16.5 Å². The van der Waals surface area contributed by atoms with E-state index in [9.17, 15) is 15.2 Å². The van der Waals surface area contributed by atoms with Crippen molar-refractivity contribution in [2.45, 2.75) is 0 Å². The number of phenols is 1. The Morgan fingerprint density at radius 1 is 0.840 bits per heavy atom. The number of fused-ring (bicyclic) bond motifs is 2. The van der Waals surface area contributed by atoms with Crippen molar-refractivity contribution in [3.63, 3.8) is 0 Å². The molecular formula is C20H14N2O3. The first kappa shape index (κ1) is 15.1. The van der Waals surface area contributed by atoms with Crippen LogP contribution in [0.2, 0.25) is 0 Å². The topological polar surface area (TPSA) is 81.9 Å². The number of nitrogens with zero attached hydrogens (tertiary/aromatic N) is 1. The Balaban J connectivity index is 2.20. The first-order chi connectivity index (χ1) is 12.2. The van der Waals surface area contributed by atoms with Gasteiger partial charge in [-0.25, -0.2) is 0 Å². The molecule has 0 aliphatic carbocycles. The number of aromatic hydroxyl groups is 1. The fraction of sp³-hybridized carbons (Fsp3) is 0. The monoisotopic (exact) mass is 330 g/mol. The summed E-state index contributed by atoms with van der Waals surface area (Å²) in [6.45, 7) is 0. The van der Waals surface area contributed by atoms with Crippen LogP contribution in [0.4, 0.5) is 11.4 Å². The molecule has 0 amide bonds. The van der Waals surface area contributed by atoms with E-state index < -0.39 is 0 Å². The highest BCUT2D eigenvalue weighted by Gasteiger charge is 2.17. The molecule has 0 aromatic heterocycles. The molecule has 0 radical (unpaired) electrons. The molecule has 4 aromatic rings. The SMILES string of the molecule is O=Nc1c(NO)cc(-c2c(O)ccc3ccccc23)c2ccccc12. The van der Waals surface area contributed by atoms with Crippen LogP contribution in [0.5, 0.6) is 5.75 Å². The van der Waals surface area contributed by atoms with Crippen molar-refractivity contribution in [2.24, 2.45) is 5.18 Å². The minimum atomic E-state index is 0.125. The van der Waals surface area contributed by atoms with Gasteiger partial charge in [0.15, 0.2) is 0 Å². The van der Waals surface area contributed by atoms with Gasteiger partial charge in [-0.2, -0.15) is 0 Å². The third-order valence-corrected chi connectivity index (χ3v) is 4.40. The molecule has 25 heavy (non-hydrogen) atoms. The molecule has 0 atom stereocenters. The zero-order chi connectivity index (χ0) is 17.4. The van der Waals surface area contributed by atoms with Crippen molar-refractivity contribution in [1.29, 1.82) is 0 Å². The molecule has 4 aromatic carbocycles. The van der Waals surface area contributed by atoms with Gasteiger partial charge < -0.3 is 5.11 Å². The van der Waals surface area contributed by atoms with Gasteiger partial charge in [-0.15, -0.1) is 4.91 Å². The van der Waals surface area contributed by atoms with Gasteiger partial charge in [0.25, 0.3) is 0 Å². The summed E-state index contributed by atoms with van der Waals surface area (Å²) in [5.41, 5.74) is 3.70. The van der Waals surface area contributed by atoms with Crippen LogP contribution in [0.1, 0.15) is 0 Å². The Morgan fingerprint density at radius 2 is 1.52 bits per heavy atom. The molecule has 0 unspecified atom stereocenters. The molecule has 5 heteroatoms. The lowest BCUT2D eigenvalue weighted by molar-refractivity contribution is 0.389. The summed E-state index contributed by atoms with van der Waals surface area (Å²) in [7, 11) is 0. The van der Waals surface area contributed by atoms with E-state index in [0.717, 1.165) is 16.2 Å². The number of hydrogen-bond donors (Lipinski definition) is 3. The highest BCUT2D eigenvalue weighted by molar-refractivity contribution is 6.12. The van der Waals surface area contributed by atoms with Crippen molar-refractivity contribution in [3.05, 3.63) is 71.6 Å². The van der Waals surface area contributed by atoms with E-state index in [4.69, 9.17) is 0 Å². The zero-order valence-electron chi connectivity index (χ0n) is 13.1. The third kappa shape index (κ3) is 2.29. The Hall–Kier alpha value is -3.44. The molecule has 0 heterocycles. The average Bonchev–Trinajstić information content (AvgIpc) is 2.67. The van der Waals surface area contributed by atoms with Crippen molar-refractivity contribution >= 4 is 32.9 Å². The Morgan fingerprint density at radius 3 is 2.24 bits per heavy atom. The van der Waals surface area contributed by atoms with E-state index >= 15 is 0 Å². The maximum Gasteiger partial charge on any atom is 0.141 e. The van der Waals surface area contributed by atoms with Crippen LogP contribution >= 0.6 is 0 Å². The number of hydrogen-bond acceptors (Lipinski definition) is 5. The van der Waals surface area contributed by atoms with Crippen LogP contribution in [0, 0.1) is 4.91 Å². The van der Waals surface area contributed by atoms with Crippen molar-refractivity contribution < 1.29 is 10.3 Å². The summed E-state index contributed by atoms with van der Waals surface area (Å²) in [5.74, 6) is 0.125. The molecule has 5 nitrogen and oxygen atoms in total. The van der Waals surface area contributed by atoms with E-state index in [2.05, 4.69) is 5.18 Å². The van der Waals surface area contributed by atoms with Crippen molar-refractivity contribution in [2.75, 3.05) is 5.48 Å². The van der Waals surface area contributed by atoms with Crippen LogP contribution in [0.25, 0.3) is 32.7 Å². The second-order valence-corrected chi connectivity index (χ2v) is 5.75. The summed E-state index contributed by atoms with van der Waals surface area (Å²) in [6, 6.07) is 20.1. The lowest BCUT2D eigenvalue weighted by Crippen LogP contribution is -1.93. The lowest BCUT2D eigenvalue weighted by Gasteiger charge is -2.15. The van der Waals surface area contributed by atoms with Gasteiger partial charge in [0.1, 0.15) is 11.4 Å². The van der Waals surface area contributed by atoms with Gasteiger partial charge in [0.2, 0.25) is 0 Å². The zero-order valence-corrected chi connectivity index (χ0v) is 13.1. The predicted molar refractivity (Wildman–Crippen MR) is 99.4 cm³/mol. The maximum absolute atomic E-state index is 11.3. The molecule has 0 saturated carbocycles. The smallest absolute Gasteiger partial charge is 0.141 e. The molecule has 0 spiro atoms. The second-order valence-electron chi connectivity index (χ2n) is 5.75. The highest BCUT2D eigenvalue weighted by Crippen LogP contribution is 2.45.